The molecular formula is C14H17N3O2. The third-order valence-electron chi connectivity index (χ3n) is 2.77. The van der Waals surface area contributed by atoms with Crippen LogP contribution in [0.5, 0.6) is 5.75 Å². The second kappa shape index (κ2) is 5.56. The van der Waals surface area contributed by atoms with E-state index < -0.39 is 0 Å². The molecule has 0 bridgehead atoms. The number of carbonyl (C=O) groups excluding carboxylic acids is 1. The minimum atomic E-state index is -0.227. The minimum Gasteiger partial charge on any atom is -0.483 e. The normalized spacial score (nSPS) is 10.3. The first-order chi connectivity index (χ1) is 9.06. The number of aromatic nitrogens is 2. The Hall–Kier alpha value is -2.30. The van der Waals surface area contributed by atoms with Crippen molar-refractivity contribution in [3.63, 3.8) is 0 Å². The van der Waals surface area contributed by atoms with Crippen LogP contribution in [0.4, 0.5) is 5.95 Å². The summed E-state index contributed by atoms with van der Waals surface area (Å²) < 4.78 is 7.25. The maximum absolute atomic E-state index is 11.7. The molecular weight excluding hydrogens is 242 g/mol. The van der Waals surface area contributed by atoms with Crippen LogP contribution >= 0.6 is 0 Å². The van der Waals surface area contributed by atoms with E-state index in [1.807, 2.05) is 39.1 Å². The average Bonchev–Trinajstić information content (AvgIpc) is 2.76. The highest BCUT2D eigenvalue weighted by Crippen LogP contribution is 2.18. The third-order valence-corrected chi connectivity index (χ3v) is 2.77. The Morgan fingerprint density at radius 2 is 2.21 bits per heavy atom. The largest absolute Gasteiger partial charge is 0.483 e. The summed E-state index contributed by atoms with van der Waals surface area (Å²) in [4.78, 5) is 15.8. The van der Waals surface area contributed by atoms with Gasteiger partial charge in [0.2, 0.25) is 5.95 Å². The van der Waals surface area contributed by atoms with E-state index in [1.165, 1.54) is 0 Å². The zero-order chi connectivity index (χ0) is 13.8. The fourth-order valence-corrected chi connectivity index (χ4v) is 1.65. The third kappa shape index (κ3) is 3.34. The van der Waals surface area contributed by atoms with Crippen LogP contribution < -0.4 is 10.1 Å². The number of carbonyl (C=O) groups is 1. The number of benzene rings is 1. The predicted octanol–water partition coefficient (Wildman–Crippen LogP) is 2.05. The van der Waals surface area contributed by atoms with Gasteiger partial charge in [0.05, 0.1) is 0 Å². The molecule has 2 rings (SSSR count). The van der Waals surface area contributed by atoms with E-state index in [1.54, 1.807) is 17.0 Å². The summed E-state index contributed by atoms with van der Waals surface area (Å²) in [7, 11) is 1.81. The van der Waals surface area contributed by atoms with Gasteiger partial charge in [-0.3, -0.25) is 10.1 Å². The molecule has 0 aliphatic carbocycles. The molecule has 0 saturated carbocycles. The molecule has 0 radical (unpaired) electrons. The van der Waals surface area contributed by atoms with Gasteiger partial charge in [-0.25, -0.2) is 4.98 Å². The number of nitrogens with one attached hydrogen (secondary N) is 1. The van der Waals surface area contributed by atoms with Crippen LogP contribution in [-0.2, 0) is 11.8 Å². The molecule has 1 aromatic carbocycles. The lowest BCUT2D eigenvalue weighted by atomic mass is 10.1. The molecule has 1 N–H and O–H groups in total. The van der Waals surface area contributed by atoms with E-state index in [9.17, 15) is 4.79 Å². The van der Waals surface area contributed by atoms with Gasteiger partial charge in [-0.2, -0.15) is 0 Å². The van der Waals surface area contributed by atoms with Crippen molar-refractivity contribution >= 4 is 11.9 Å². The van der Waals surface area contributed by atoms with Crippen LogP contribution in [0.15, 0.2) is 30.6 Å². The van der Waals surface area contributed by atoms with E-state index in [-0.39, 0.29) is 12.5 Å². The van der Waals surface area contributed by atoms with E-state index in [4.69, 9.17) is 4.74 Å². The molecule has 1 aromatic heterocycles. The second-order valence-corrected chi connectivity index (χ2v) is 4.47. The topological polar surface area (TPSA) is 56.1 Å². The Kier molecular flexibility index (Phi) is 3.85. The van der Waals surface area contributed by atoms with Crippen molar-refractivity contribution in [1.29, 1.82) is 0 Å². The number of hydrogen-bond donors (Lipinski definition) is 1. The summed E-state index contributed by atoms with van der Waals surface area (Å²) in [5, 5.41) is 2.68. The molecule has 0 atom stereocenters. The Bertz CT molecular complexity index is 590. The van der Waals surface area contributed by atoms with Crippen LogP contribution in [0.1, 0.15) is 11.1 Å². The van der Waals surface area contributed by atoms with Crippen molar-refractivity contribution in [3.05, 3.63) is 41.7 Å². The lowest BCUT2D eigenvalue weighted by molar-refractivity contribution is -0.118. The Morgan fingerprint density at radius 1 is 1.42 bits per heavy atom. The molecule has 100 valence electrons. The lowest BCUT2D eigenvalue weighted by Crippen LogP contribution is -2.22. The molecule has 1 heterocycles. The van der Waals surface area contributed by atoms with Crippen molar-refractivity contribution < 1.29 is 9.53 Å². The van der Waals surface area contributed by atoms with E-state index in [0.717, 1.165) is 16.9 Å². The summed E-state index contributed by atoms with van der Waals surface area (Å²) in [6.45, 7) is 3.91. The molecule has 5 nitrogen and oxygen atoms in total. The lowest BCUT2D eigenvalue weighted by Gasteiger charge is -2.10. The van der Waals surface area contributed by atoms with Crippen LogP contribution in [0.3, 0.4) is 0 Å². The van der Waals surface area contributed by atoms with Crippen LogP contribution in [0.25, 0.3) is 0 Å². The quantitative estimate of drug-likeness (QED) is 0.914. The highest BCUT2D eigenvalue weighted by molar-refractivity contribution is 5.90. The van der Waals surface area contributed by atoms with Crippen molar-refractivity contribution in [1.82, 2.24) is 9.55 Å². The average molecular weight is 259 g/mol. The number of nitrogens with zero attached hydrogens (tertiary/aromatic N) is 2. The van der Waals surface area contributed by atoms with Gasteiger partial charge in [0.15, 0.2) is 6.61 Å². The van der Waals surface area contributed by atoms with Crippen molar-refractivity contribution in [2.24, 2.45) is 7.05 Å². The summed E-state index contributed by atoms with van der Waals surface area (Å²) >= 11 is 0. The van der Waals surface area contributed by atoms with Crippen molar-refractivity contribution in [3.8, 4) is 5.75 Å². The smallest absolute Gasteiger partial charge is 0.264 e. The van der Waals surface area contributed by atoms with Crippen LogP contribution in [0.2, 0.25) is 0 Å². The summed E-state index contributed by atoms with van der Waals surface area (Å²) in [5.41, 5.74) is 2.11. The van der Waals surface area contributed by atoms with E-state index in [0.29, 0.717) is 5.95 Å². The molecule has 0 fully saturated rings. The van der Waals surface area contributed by atoms with Gasteiger partial charge in [-0.15, -0.1) is 0 Å². The fraction of sp³-hybridized carbons (Fsp3) is 0.286. The maximum Gasteiger partial charge on any atom is 0.264 e. The zero-order valence-electron chi connectivity index (χ0n) is 11.3. The molecule has 5 heteroatoms. The Morgan fingerprint density at radius 3 is 2.89 bits per heavy atom. The molecule has 2 aromatic rings. The van der Waals surface area contributed by atoms with E-state index in [2.05, 4.69) is 10.3 Å². The van der Waals surface area contributed by atoms with Gasteiger partial charge >= 0.3 is 0 Å². The van der Waals surface area contributed by atoms with Gasteiger partial charge in [-0.05, 0) is 31.0 Å². The second-order valence-electron chi connectivity index (χ2n) is 4.47. The first-order valence-corrected chi connectivity index (χ1v) is 6.03. The standard InChI is InChI=1S/C14H17N3O2/c1-10-4-5-11(2)12(8-10)19-9-13(18)16-14-15-6-7-17(14)3/h4-8H,9H2,1-3H3,(H,15,16,18). The van der Waals surface area contributed by atoms with Crippen LogP contribution in [-0.4, -0.2) is 22.1 Å². The number of rotatable bonds is 4. The first-order valence-electron chi connectivity index (χ1n) is 6.03. The Balaban J connectivity index is 1.93. The molecule has 19 heavy (non-hydrogen) atoms. The van der Waals surface area contributed by atoms with Crippen molar-refractivity contribution in [2.75, 3.05) is 11.9 Å². The first kappa shape index (κ1) is 13.1. The van der Waals surface area contributed by atoms with Crippen LogP contribution in [0, 0.1) is 13.8 Å². The van der Waals surface area contributed by atoms with Crippen molar-refractivity contribution in [2.45, 2.75) is 13.8 Å². The highest BCUT2D eigenvalue weighted by Gasteiger charge is 2.08. The molecule has 1 amide bonds. The van der Waals surface area contributed by atoms with Gasteiger partial charge < -0.3 is 9.30 Å². The monoisotopic (exact) mass is 259 g/mol. The number of amides is 1. The van der Waals surface area contributed by atoms with Gasteiger partial charge in [-0.1, -0.05) is 12.1 Å². The fourth-order valence-electron chi connectivity index (χ4n) is 1.65. The zero-order valence-corrected chi connectivity index (χ0v) is 11.3. The molecule has 0 unspecified atom stereocenters. The molecule has 0 aliphatic rings. The predicted molar refractivity (Wildman–Crippen MR) is 73.2 cm³/mol. The molecule has 0 aliphatic heterocycles. The Labute approximate surface area is 112 Å². The van der Waals surface area contributed by atoms with E-state index >= 15 is 0 Å². The number of imidazole rings is 1. The number of anilines is 1. The molecule has 0 spiro atoms. The summed E-state index contributed by atoms with van der Waals surface area (Å²) in [6.07, 6.45) is 3.39. The van der Waals surface area contributed by atoms with Gasteiger partial charge in [0.25, 0.3) is 5.91 Å². The van der Waals surface area contributed by atoms with Gasteiger partial charge in [0.1, 0.15) is 5.75 Å². The minimum absolute atomic E-state index is 0.0306. The SMILES string of the molecule is Cc1ccc(C)c(OCC(=O)Nc2nccn2C)c1. The number of hydrogen-bond acceptors (Lipinski definition) is 3. The summed E-state index contributed by atoms with van der Waals surface area (Å²) in [6, 6.07) is 5.90. The summed E-state index contributed by atoms with van der Waals surface area (Å²) in [5.74, 6) is 1.01. The number of aryl methyl sites for hydroxylation is 3. The maximum atomic E-state index is 11.7. The number of ether oxygens (including phenoxy) is 1. The molecule has 0 saturated heterocycles. The van der Waals surface area contributed by atoms with Gasteiger partial charge in [0, 0.05) is 19.4 Å². The highest BCUT2D eigenvalue weighted by atomic mass is 16.5.